The smallest absolute Gasteiger partial charge is 0.0231 e. The summed E-state index contributed by atoms with van der Waals surface area (Å²) in [6.07, 6.45) is 1.13. The fourth-order valence-corrected chi connectivity index (χ4v) is 3.23. The highest BCUT2D eigenvalue weighted by Gasteiger charge is 1.92. The fourth-order valence-electron chi connectivity index (χ4n) is 0.994. The Morgan fingerprint density at radius 3 is 2.50 bits per heavy atom. The maximum Gasteiger partial charge on any atom is 0.0231 e. The molecule has 0 fully saturated rings. The van der Waals surface area contributed by atoms with Crippen LogP contribution in [0.15, 0.2) is 35.2 Å². The first kappa shape index (κ1) is 12.3. The van der Waals surface area contributed by atoms with Crippen LogP contribution >= 0.6 is 35.1 Å². The zero-order valence-electron chi connectivity index (χ0n) is 8.12. The van der Waals surface area contributed by atoms with Crippen LogP contribution in [0.2, 0.25) is 0 Å². The van der Waals surface area contributed by atoms with E-state index >= 15 is 0 Å². The summed E-state index contributed by atoms with van der Waals surface area (Å²) in [5, 5.41) is 0. The zero-order chi connectivity index (χ0) is 10.1. The van der Waals surface area contributed by atoms with E-state index in [2.05, 4.69) is 30.3 Å². The van der Waals surface area contributed by atoms with Crippen LogP contribution in [0.1, 0.15) is 6.42 Å². The monoisotopic (exact) mass is 246 g/mol. The van der Waals surface area contributed by atoms with Crippen molar-refractivity contribution < 1.29 is 0 Å². The number of hydrogen-bond donors (Lipinski definition) is 0. The molecule has 0 aliphatic carbocycles. The van der Waals surface area contributed by atoms with Gasteiger partial charge in [0.1, 0.15) is 0 Å². The molecule has 0 amide bonds. The Bertz CT molecular complexity index is 226. The molecule has 0 N–H and O–H groups in total. The highest BCUT2D eigenvalue weighted by atomic mass is 35.5. The lowest BCUT2D eigenvalue weighted by Gasteiger charge is -2.00. The van der Waals surface area contributed by atoms with E-state index in [-0.39, 0.29) is 0 Å². The lowest BCUT2D eigenvalue weighted by molar-refractivity contribution is 1.12. The third-order valence-electron chi connectivity index (χ3n) is 1.66. The van der Waals surface area contributed by atoms with Gasteiger partial charge in [0.05, 0.1) is 0 Å². The molecule has 78 valence electrons. The molecule has 1 aromatic carbocycles. The molecule has 0 aliphatic heterocycles. The molecular weight excluding hydrogens is 232 g/mol. The van der Waals surface area contributed by atoms with E-state index in [1.54, 1.807) is 0 Å². The Morgan fingerprint density at radius 2 is 1.79 bits per heavy atom. The Labute approximate surface area is 99.8 Å². The molecule has 3 heteroatoms. The summed E-state index contributed by atoms with van der Waals surface area (Å²) in [5.41, 5.74) is 0. The van der Waals surface area contributed by atoms with Gasteiger partial charge in [-0.25, -0.2) is 0 Å². The van der Waals surface area contributed by atoms with Crippen LogP contribution in [0.3, 0.4) is 0 Å². The number of rotatable bonds is 7. The lowest BCUT2D eigenvalue weighted by atomic mass is 10.4. The van der Waals surface area contributed by atoms with E-state index in [4.69, 9.17) is 11.6 Å². The van der Waals surface area contributed by atoms with E-state index in [0.29, 0.717) is 0 Å². The molecule has 0 aliphatic rings. The Hall–Kier alpha value is 0.210. The third kappa shape index (κ3) is 5.84. The van der Waals surface area contributed by atoms with Crippen LogP contribution in [0, 0.1) is 0 Å². The summed E-state index contributed by atoms with van der Waals surface area (Å²) in [6, 6.07) is 10.5. The van der Waals surface area contributed by atoms with Gasteiger partial charge in [-0.15, -0.1) is 23.4 Å². The summed E-state index contributed by atoms with van der Waals surface area (Å²) < 4.78 is 0. The second-order valence-electron chi connectivity index (χ2n) is 2.82. The molecule has 1 aromatic rings. The molecular formula is C11H15ClS2. The van der Waals surface area contributed by atoms with Crippen LogP contribution in [-0.2, 0) is 0 Å². The Kier molecular flexibility index (Phi) is 7.47. The van der Waals surface area contributed by atoms with Crippen molar-refractivity contribution in [2.45, 2.75) is 11.3 Å². The topological polar surface area (TPSA) is 0 Å². The van der Waals surface area contributed by atoms with Gasteiger partial charge in [-0.05, 0) is 24.3 Å². The van der Waals surface area contributed by atoms with Crippen molar-refractivity contribution in [2.75, 3.05) is 23.1 Å². The molecule has 0 spiro atoms. The molecule has 1 rings (SSSR count). The van der Waals surface area contributed by atoms with Crippen LogP contribution in [0.4, 0.5) is 0 Å². The van der Waals surface area contributed by atoms with Crippen LogP contribution in [0.25, 0.3) is 0 Å². The first-order chi connectivity index (χ1) is 6.93. The number of thioether (sulfide) groups is 2. The van der Waals surface area contributed by atoms with Crippen molar-refractivity contribution >= 4 is 35.1 Å². The second-order valence-corrected chi connectivity index (χ2v) is 5.59. The maximum atomic E-state index is 5.59. The van der Waals surface area contributed by atoms with Gasteiger partial charge >= 0.3 is 0 Å². The van der Waals surface area contributed by atoms with Crippen molar-refractivity contribution in [3.63, 3.8) is 0 Å². The van der Waals surface area contributed by atoms with Crippen molar-refractivity contribution in [2.24, 2.45) is 0 Å². The van der Waals surface area contributed by atoms with Gasteiger partial charge in [-0.2, -0.15) is 11.8 Å². The first-order valence-corrected chi connectivity index (χ1v) is 7.42. The predicted octanol–water partition coefficient (Wildman–Crippen LogP) is 4.14. The highest BCUT2D eigenvalue weighted by molar-refractivity contribution is 8.02. The fraction of sp³-hybridized carbons (Fsp3) is 0.455. The van der Waals surface area contributed by atoms with Crippen molar-refractivity contribution in [1.82, 2.24) is 0 Å². The summed E-state index contributed by atoms with van der Waals surface area (Å²) in [5.74, 6) is 4.39. The van der Waals surface area contributed by atoms with Crippen molar-refractivity contribution in [1.29, 1.82) is 0 Å². The zero-order valence-corrected chi connectivity index (χ0v) is 10.5. The predicted molar refractivity (Wildman–Crippen MR) is 69.8 cm³/mol. The Balaban J connectivity index is 1.99. The number of hydrogen-bond acceptors (Lipinski definition) is 2. The number of halogens is 1. The summed E-state index contributed by atoms with van der Waals surface area (Å²) in [4.78, 5) is 1.37. The molecule has 0 saturated heterocycles. The van der Waals surface area contributed by atoms with Crippen molar-refractivity contribution in [3.8, 4) is 0 Å². The van der Waals surface area contributed by atoms with E-state index < -0.39 is 0 Å². The van der Waals surface area contributed by atoms with Crippen LogP contribution in [-0.4, -0.2) is 23.1 Å². The Morgan fingerprint density at radius 1 is 1.00 bits per heavy atom. The van der Waals surface area contributed by atoms with Crippen LogP contribution < -0.4 is 0 Å². The normalized spacial score (nSPS) is 10.4. The van der Waals surface area contributed by atoms with E-state index in [1.807, 2.05) is 23.5 Å². The molecule has 0 atom stereocenters. The molecule has 0 heterocycles. The van der Waals surface area contributed by atoms with Gasteiger partial charge in [0.2, 0.25) is 0 Å². The SMILES string of the molecule is ClCCCSCCSc1ccccc1. The van der Waals surface area contributed by atoms with E-state index in [1.165, 1.54) is 22.2 Å². The molecule has 0 bridgehead atoms. The standard InChI is InChI=1S/C11H15ClS2/c12-7-4-8-13-9-10-14-11-5-2-1-3-6-11/h1-3,5-6H,4,7-10H2. The minimum absolute atomic E-state index is 0.791. The first-order valence-electron chi connectivity index (χ1n) is 4.75. The molecule has 0 nitrogen and oxygen atoms in total. The lowest BCUT2D eigenvalue weighted by Crippen LogP contribution is -1.87. The summed E-state index contributed by atoms with van der Waals surface area (Å²) in [7, 11) is 0. The average molecular weight is 247 g/mol. The van der Waals surface area contributed by atoms with Gasteiger partial charge in [-0.3, -0.25) is 0 Å². The van der Waals surface area contributed by atoms with Gasteiger partial charge in [0, 0.05) is 22.3 Å². The molecule has 0 unspecified atom stereocenters. The number of alkyl halides is 1. The highest BCUT2D eigenvalue weighted by Crippen LogP contribution is 2.18. The average Bonchev–Trinajstić information content (AvgIpc) is 2.25. The minimum atomic E-state index is 0.791. The summed E-state index contributed by atoms with van der Waals surface area (Å²) in [6.45, 7) is 0. The largest absolute Gasteiger partial charge is 0.161 e. The minimum Gasteiger partial charge on any atom is -0.161 e. The third-order valence-corrected chi connectivity index (χ3v) is 4.27. The van der Waals surface area contributed by atoms with Gasteiger partial charge in [0.25, 0.3) is 0 Å². The van der Waals surface area contributed by atoms with Crippen molar-refractivity contribution in [3.05, 3.63) is 30.3 Å². The second kappa shape index (κ2) is 8.51. The molecule has 0 aromatic heterocycles. The van der Waals surface area contributed by atoms with E-state index in [9.17, 15) is 0 Å². The van der Waals surface area contributed by atoms with Gasteiger partial charge in [0.15, 0.2) is 0 Å². The summed E-state index contributed by atoms with van der Waals surface area (Å²) >= 11 is 9.51. The van der Waals surface area contributed by atoms with E-state index in [0.717, 1.165) is 12.3 Å². The van der Waals surface area contributed by atoms with Crippen LogP contribution in [0.5, 0.6) is 0 Å². The van der Waals surface area contributed by atoms with Gasteiger partial charge in [-0.1, -0.05) is 18.2 Å². The quantitative estimate of drug-likeness (QED) is 0.403. The molecule has 0 radical (unpaired) electrons. The maximum absolute atomic E-state index is 5.59. The van der Waals surface area contributed by atoms with Gasteiger partial charge < -0.3 is 0 Å². The number of benzene rings is 1. The molecule has 0 saturated carbocycles. The molecule has 14 heavy (non-hydrogen) atoms.